The number of para-hydroxylation sites is 2. The number of anilines is 2. The second-order valence-corrected chi connectivity index (χ2v) is 6.50. The first-order valence-corrected chi connectivity index (χ1v) is 8.96. The zero-order valence-electron chi connectivity index (χ0n) is 16.5. The second kappa shape index (κ2) is 7.32. The number of phenolic OH excluding ortho intramolecular Hbond substituents is 1. The highest BCUT2D eigenvalue weighted by atomic mass is 16.5. The van der Waals surface area contributed by atoms with Crippen LogP contribution in [0.2, 0.25) is 0 Å². The van der Waals surface area contributed by atoms with Crippen LogP contribution in [0.15, 0.2) is 58.8 Å². The van der Waals surface area contributed by atoms with Gasteiger partial charge in [-0.25, -0.2) is 4.79 Å². The van der Waals surface area contributed by atoms with Crippen molar-refractivity contribution in [1.29, 1.82) is 0 Å². The first kappa shape index (κ1) is 19.1. The van der Waals surface area contributed by atoms with E-state index in [1.807, 2.05) is 0 Å². The summed E-state index contributed by atoms with van der Waals surface area (Å²) in [5.74, 6) is 0.0645. The Labute approximate surface area is 171 Å². The Hall–Kier alpha value is -4.21. The van der Waals surface area contributed by atoms with Crippen molar-refractivity contribution < 1.29 is 19.4 Å². The van der Waals surface area contributed by atoms with Crippen molar-refractivity contribution in [3.8, 4) is 11.5 Å². The maximum atomic E-state index is 13.1. The van der Waals surface area contributed by atoms with Gasteiger partial charge < -0.3 is 9.84 Å². The van der Waals surface area contributed by atoms with Gasteiger partial charge in [-0.3, -0.25) is 14.6 Å². The molecule has 2 aromatic carbocycles. The number of carbonyl (C=O) groups excluding carboxylic acids is 2. The summed E-state index contributed by atoms with van der Waals surface area (Å²) in [4.78, 5) is 28.1. The van der Waals surface area contributed by atoms with Crippen LogP contribution in [-0.4, -0.2) is 48.0 Å². The van der Waals surface area contributed by atoms with E-state index in [0.29, 0.717) is 11.4 Å². The molecule has 10 heteroatoms. The van der Waals surface area contributed by atoms with Crippen LogP contribution in [0.4, 0.5) is 27.8 Å². The number of hydrogen-bond acceptors (Lipinski definition) is 7. The minimum absolute atomic E-state index is 0.0476. The van der Waals surface area contributed by atoms with Crippen LogP contribution in [0.25, 0.3) is 0 Å². The quantitative estimate of drug-likeness (QED) is 0.664. The zero-order valence-corrected chi connectivity index (χ0v) is 16.5. The third-order valence-corrected chi connectivity index (χ3v) is 4.70. The van der Waals surface area contributed by atoms with Crippen molar-refractivity contribution in [2.45, 2.75) is 0 Å². The number of aromatic nitrogens is 2. The molecule has 1 aromatic heterocycles. The van der Waals surface area contributed by atoms with E-state index in [9.17, 15) is 14.7 Å². The maximum Gasteiger partial charge on any atom is 0.330 e. The molecule has 2 bridgehead atoms. The molecule has 4 rings (SSSR count). The van der Waals surface area contributed by atoms with Gasteiger partial charge >= 0.3 is 6.03 Å². The maximum absolute atomic E-state index is 13.1. The standard InChI is InChI=1S/C20H18N6O4/c1-24-17-16(22-21-13-9-5-7-11-15(13)30-3)18(25(2)20(24)29)26(23-17)19(28)12-8-4-6-10-14(12)27/h4-11,27H,1-3H3. The molecule has 0 aliphatic carbocycles. The first-order valence-electron chi connectivity index (χ1n) is 8.96. The minimum Gasteiger partial charge on any atom is -0.507 e. The molecule has 2 amide bonds. The monoisotopic (exact) mass is 406 g/mol. The molecule has 0 radical (unpaired) electrons. The largest absolute Gasteiger partial charge is 0.507 e. The van der Waals surface area contributed by atoms with Gasteiger partial charge in [0.2, 0.25) is 0 Å². The molecule has 152 valence electrons. The number of benzene rings is 2. The third-order valence-electron chi connectivity index (χ3n) is 4.70. The Kier molecular flexibility index (Phi) is 4.66. The Bertz CT molecular complexity index is 1190. The van der Waals surface area contributed by atoms with Crippen molar-refractivity contribution in [3.63, 3.8) is 0 Å². The summed E-state index contributed by atoms with van der Waals surface area (Å²) in [5.41, 5.74) is 0.773. The first-order chi connectivity index (χ1) is 14.4. The molecule has 0 atom stereocenters. The fourth-order valence-electron chi connectivity index (χ4n) is 3.14. The lowest BCUT2D eigenvalue weighted by Crippen LogP contribution is -2.41. The van der Waals surface area contributed by atoms with Gasteiger partial charge in [-0.2, -0.15) is 4.68 Å². The van der Waals surface area contributed by atoms with Crippen LogP contribution < -0.4 is 14.5 Å². The Morgan fingerprint density at radius 2 is 1.73 bits per heavy atom. The summed E-state index contributed by atoms with van der Waals surface area (Å²) in [5, 5.41) is 22.8. The molecule has 1 N–H and O–H groups in total. The van der Waals surface area contributed by atoms with Crippen LogP contribution in [0.3, 0.4) is 0 Å². The van der Waals surface area contributed by atoms with E-state index in [2.05, 4.69) is 15.3 Å². The van der Waals surface area contributed by atoms with E-state index in [1.54, 1.807) is 36.4 Å². The molecular weight excluding hydrogens is 388 g/mol. The van der Waals surface area contributed by atoms with Crippen molar-refractivity contribution >= 4 is 34.9 Å². The number of methoxy groups -OCH3 is 1. The lowest BCUT2D eigenvalue weighted by atomic mass is 10.2. The molecule has 0 spiro atoms. The van der Waals surface area contributed by atoms with Crippen LogP contribution in [-0.2, 0) is 0 Å². The Morgan fingerprint density at radius 1 is 1.03 bits per heavy atom. The molecular formula is C20H18N6O4. The van der Waals surface area contributed by atoms with E-state index in [0.717, 1.165) is 4.68 Å². The predicted octanol–water partition coefficient (Wildman–Crippen LogP) is 3.71. The van der Waals surface area contributed by atoms with E-state index < -0.39 is 5.91 Å². The molecule has 0 saturated carbocycles. The molecule has 2 heterocycles. The summed E-state index contributed by atoms with van der Waals surface area (Å²) >= 11 is 0. The smallest absolute Gasteiger partial charge is 0.330 e. The van der Waals surface area contributed by atoms with Gasteiger partial charge in [-0.15, -0.1) is 15.3 Å². The Balaban J connectivity index is 1.85. The van der Waals surface area contributed by atoms with Gasteiger partial charge in [0.15, 0.2) is 17.3 Å². The van der Waals surface area contributed by atoms with Gasteiger partial charge in [0.05, 0.1) is 12.7 Å². The lowest BCUT2D eigenvalue weighted by Gasteiger charge is -2.26. The fraction of sp³-hybridized carbons (Fsp3) is 0.150. The average molecular weight is 406 g/mol. The van der Waals surface area contributed by atoms with E-state index in [4.69, 9.17) is 4.74 Å². The summed E-state index contributed by atoms with van der Waals surface area (Å²) in [6.07, 6.45) is 0. The van der Waals surface area contributed by atoms with E-state index >= 15 is 0 Å². The lowest BCUT2D eigenvalue weighted by molar-refractivity contribution is 0.0945. The van der Waals surface area contributed by atoms with Crippen LogP contribution in [0.5, 0.6) is 11.5 Å². The van der Waals surface area contributed by atoms with Crippen molar-refractivity contribution in [1.82, 2.24) is 9.78 Å². The van der Waals surface area contributed by atoms with Gasteiger partial charge in [0.1, 0.15) is 17.2 Å². The van der Waals surface area contributed by atoms with Gasteiger partial charge in [-0.05, 0) is 24.3 Å². The highest BCUT2D eigenvalue weighted by Crippen LogP contribution is 2.43. The number of aromatic hydroxyl groups is 1. The highest BCUT2D eigenvalue weighted by Gasteiger charge is 2.38. The molecule has 0 fully saturated rings. The SMILES string of the molecule is COc1ccccc1N=Nc1c2nn(C(=O)c3ccccc3O)c1N(C)C(=O)N2C. The van der Waals surface area contributed by atoms with E-state index in [-0.39, 0.29) is 34.7 Å². The number of nitrogens with zero attached hydrogens (tertiary/aromatic N) is 6. The topological polar surface area (TPSA) is 113 Å². The Morgan fingerprint density at radius 3 is 2.47 bits per heavy atom. The molecule has 1 aliphatic rings. The number of urea groups is 1. The highest BCUT2D eigenvalue weighted by molar-refractivity contribution is 6.13. The van der Waals surface area contributed by atoms with Gasteiger partial charge in [0.25, 0.3) is 5.91 Å². The van der Waals surface area contributed by atoms with Crippen LogP contribution >= 0.6 is 0 Å². The molecule has 1 aliphatic heterocycles. The number of hydrogen-bond donors (Lipinski definition) is 1. The summed E-state index contributed by atoms with van der Waals surface area (Å²) in [6, 6.07) is 12.8. The predicted molar refractivity (Wildman–Crippen MR) is 109 cm³/mol. The summed E-state index contributed by atoms with van der Waals surface area (Å²) in [6.45, 7) is 0. The normalized spacial score (nSPS) is 13.2. The number of azo groups is 1. The number of carbonyl (C=O) groups is 2. The molecule has 30 heavy (non-hydrogen) atoms. The van der Waals surface area contributed by atoms with Crippen LogP contribution in [0, 0.1) is 0 Å². The minimum atomic E-state index is -0.599. The van der Waals surface area contributed by atoms with Crippen molar-refractivity contribution in [2.24, 2.45) is 10.2 Å². The average Bonchev–Trinajstić information content (AvgIpc) is 3.11. The number of fused-ring (bicyclic) bond motifs is 2. The molecule has 10 nitrogen and oxygen atoms in total. The van der Waals surface area contributed by atoms with Crippen molar-refractivity contribution in [3.05, 3.63) is 54.1 Å². The number of amides is 2. The van der Waals surface area contributed by atoms with Crippen LogP contribution in [0.1, 0.15) is 10.4 Å². The fourth-order valence-corrected chi connectivity index (χ4v) is 3.14. The zero-order chi connectivity index (χ0) is 21.4. The summed E-state index contributed by atoms with van der Waals surface area (Å²) in [7, 11) is 4.56. The van der Waals surface area contributed by atoms with Gasteiger partial charge in [0, 0.05) is 14.1 Å². The number of ether oxygens (including phenoxy) is 1. The van der Waals surface area contributed by atoms with Gasteiger partial charge in [-0.1, -0.05) is 24.3 Å². The third kappa shape index (κ3) is 2.94. The molecule has 0 saturated heterocycles. The molecule has 3 aromatic rings. The number of rotatable bonds is 4. The second-order valence-electron chi connectivity index (χ2n) is 6.50. The summed E-state index contributed by atoms with van der Waals surface area (Å²) < 4.78 is 6.32. The number of phenols is 1. The van der Waals surface area contributed by atoms with Crippen molar-refractivity contribution in [2.75, 3.05) is 31.0 Å². The molecule has 0 unspecified atom stereocenters. The van der Waals surface area contributed by atoms with E-state index in [1.165, 1.54) is 43.1 Å².